The van der Waals surface area contributed by atoms with E-state index in [9.17, 15) is 14.9 Å². The summed E-state index contributed by atoms with van der Waals surface area (Å²) in [6.07, 6.45) is 2.14. The number of primary amides is 1. The molecule has 0 spiro atoms. The monoisotopic (exact) mass is 362 g/mol. The number of imidazole rings is 1. The standard InChI is InChI=1S/C17H22N4O3S/c1-4-5-8-20-12(3)11(2)19-17(20)25-10-14-7-6-13(16(18)22)9-15(14)21(23)24/h6-7,9H,4-5,8,10H2,1-3H3,(H2,18,22). The van der Waals surface area contributed by atoms with Crippen molar-refractivity contribution in [1.82, 2.24) is 9.55 Å². The second-order valence-electron chi connectivity index (χ2n) is 5.82. The molecule has 7 nitrogen and oxygen atoms in total. The Kier molecular flexibility index (Phi) is 6.19. The van der Waals surface area contributed by atoms with Gasteiger partial charge in [-0.25, -0.2) is 4.98 Å². The summed E-state index contributed by atoms with van der Waals surface area (Å²) in [6.45, 7) is 7.02. The Morgan fingerprint density at radius 3 is 2.72 bits per heavy atom. The fourth-order valence-electron chi connectivity index (χ4n) is 2.46. The van der Waals surface area contributed by atoms with Gasteiger partial charge in [-0.3, -0.25) is 14.9 Å². The van der Waals surface area contributed by atoms with Crippen LogP contribution >= 0.6 is 11.8 Å². The molecule has 8 heteroatoms. The number of nitro benzene ring substituents is 1. The van der Waals surface area contributed by atoms with Gasteiger partial charge in [0.05, 0.1) is 10.6 Å². The largest absolute Gasteiger partial charge is 0.366 e. The Labute approximate surface area is 150 Å². The summed E-state index contributed by atoms with van der Waals surface area (Å²) < 4.78 is 2.16. The van der Waals surface area contributed by atoms with Gasteiger partial charge in [-0.1, -0.05) is 31.2 Å². The Hall–Kier alpha value is -2.35. The number of nitrogens with zero attached hydrogens (tertiary/aromatic N) is 3. The number of benzene rings is 1. The van der Waals surface area contributed by atoms with Gasteiger partial charge >= 0.3 is 0 Å². The lowest BCUT2D eigenvalue weighted by atomic mass is 10.1. The highest BCUT2D eigenvalue weighted by Crippen LogP contribution is 2.29. The van der Waals surface area contributed by atoms with Crippen LogP contribution < -0.4 is 5.73 Å². The van der Waals surface area contributed by atoms with Gasteiger partial charge in [0.15, 0.2) is 5.16 Å². The van der Waals surface area contributed by atoms with Crippen LogP contribution in [0.15, 0.2) is 23.4 Å². The summed E-state index contributed by atoms with van der Waals surface area (Å²) in [6, 6.07) is 4.34. The molecule has 25 heavy (non-hydrogen) atoms. The molecule has 2 aromatic rings. The molecule has 0 unspecified atom stereocenters. The van der Waals surface area contributed by atoms with Crippen molar-refractivity contribution in [2.24, 2.45) is 5.73 Å². The van der Waals surface area contributed by atoms with Crippen molar-refractivity contribution in [2.45, 2.75) is 51.1 Å². The summed E-state index contributed by atoms with van der Waals surface area (Å²) in [5, 5.41) is 12.2. The number of nitrogens with two attached hydrogens (primary N) is 1. The third-order valence-electron chi connectivity index (χ3n) is 4.08. The normalized spacial score (nSPS) is 10.8. The third kappa shape index (κ3) is 4.39. The zero-order valence-electron chi connectivity index (χ0n) is 14.6. The number of carbonyl (C=O) groups is 1. The lowest BCUT2D eigenvalue weighted by Crippen LogP contribution is -2.11. The molecule has 0 aliphatic rings. The molecule has 0 aliphatic heterocycles. The number of hydrogen-bond acceptors (Lipinski definition) is 5. The van der Waals surface area contributed by atoms with Crippen LogP contribution in [-0.4, -0.2) is 20.4 Å². The Morgan fingerprint density at radius 1 is 1.40 bits per heavy atom. The van der Waals surface area contributed by atoms with Gasteiger partial charge in [0.2, 0.25) is 5.91 Å². The number of carbonyl (C=O) groups excluding carboxylic acids is 1. The van der Waals surface area contributed by atoms with Crippen molar-refractivity contribution in [3.8, 4) is 0 Å². The maximum absolute atomic E-state index is 11.3. The zero-order valence-corrected chi connectivity index (χ0v) is 15.4. The number of hydrogen-bond donors (Lipinski definition) is 1. The van der Waals surface area contributed by atoms with Crippen LogP contribution in [0.5, 0.6) is 0 Å². The highest BCUT2D eigenvalue weighted by molar-refractivity contribution is 7.98. The number of amides is 1. The maximum Gasteiger partial charge on any atom is 0.274 e. The van der Waals surface area contributed by atoms with Crippen molar-refractivity contribution in [3.05, 3.63) is 50.8 Å². The number of aryl methyl sites for hydroxylation is 1. The molecule has 0 saturated heterocycles. The molecule has 1 amide bonds. The van der Waals surface area contributed by atoms with Gasteiger partial charge in [-0.2, -0.15) is 0 Å². The van der Waals surface area contributed by atoms with Crippen molar-refractivity contribution in [2.75, 3.05) is 0 Å². The Bertz CT molecular complexity index is 801. The van der Waals surface area contributed by atoms with E-state index in [0.29, 0.717) is 11.3 Å². The minimum absolute atomic E-state index is 0.0936. The van der Waals surface area contributed by atoms with E-state index < -0.39 is 10.8 Å². The molecular weight excluding hydrogens is 340 g/mol. The molecule has 1 aromatic heterocycles. The second-order valence-corrected chi connectivity index (χ2v) is 6.77. The molecule has 0 saturated carbocycles. The van der Waals surface area contributed by atoms with Gasteiger partial charge in [0.25, 0.3) is 5.69 Å². The van der Waals surface area contributed by atoms with Gasteiger partial charge in [-0.15, -0.1) is 0 Å². The molecule has 0 atom stereocenters. The van der Waals surface area contributed by atoms with Crippen LogP contribution in [0.3, 0.4) is 0 Å². The van der Waals surface area contributed by atoms with Crippen molar-refractivity contribution in [3.63, 3.8) is 0 Å². The molecule has 2 N–H and O–H groups in total. The minimum Gasteiger partial charge on any atom is -0.366 e. The highest BCUT2D eigenvalue weighted by Gasteiger charge is 2.18. The number of thioether (sulfide) groups is 1. The molecule has 0 aliphatic carbocycles. The second kappa shape index (κ2) is 8.15. The van der Waals surface area contributed by atoms with Crippen LogP contribution in [0, 0.1) is 24.0 Å². The molecule has 1 heterocycles. The van der Waals surface area contributed by atoms with Gasteiger partial charge < -0.3 is 10.3 Å². The summed E-state index contributed by atoms with van der Waals surface area (Å²) in [4.78, 5) is 26.6. The fraction of sp³-hybridized carbons (Fsp3) is 0.412. The van der Waals surface area contributed by atoms with Crippen LogP contribution in [0.25, 0.3) is 0 Å². The maximum atomic E-state index is 11.3. The van der Waals surface area contributed by atoms with Crippen LogP contribution in [0.4, 0.5) is 5.69 Å². The summed E-state index contributed by atoms with van der Waals surface area (Å²) in [5.74, 6) is -0.277. The van der Waals surface area contributed by atoms with Gasteiger partial charge in [0.1, 0.15) is 0 Å². The Morgan fingerprint density at radius 2 is 2.12 bits per heavy atom. The smallest absolute Gasteiger partial charge is 0.274 e. The first-order valence-corrected chi connectivity index (χ1v) is 9.07. The van der Waals surface area contributed by atoms with Crippen LogP contribution in [0.1, 0.15) is 47.1 Å². The van der Waals surface area contributed by atoms with Crippen molar-refractivity contribution < 1.29 is 9.72 Å². The van der Waals surface area contributed by atoms with E-state index in [2.05, 4.69) is 16.5 Å². The van der Waals surface area contributed by atoms with E-state index in [-0.39, 0.29) is 11.3 Å². The molecule has 0 radical (unpaired) electrons. The van der Waals surface area contributed by atoms with E-state index >= 15 is 0 Å². The van der Waals surface area contributed by atoms with Crippen LogP contribution in [-0.2, 0) is 12.3 Å². The SMILES string of the molecule is CCCCn1c(SCc2ccc(C(N)=O)cc2[N+](=O)[O-])nc(C)c1C. The first kappa shape index (κ1) is 19.0. The lowest BCUT2D eigenvalue weighted by Gasteiger charge is -2.09. The topological polar surface area (TPSA) is 104 Å². The summed E-state index contributed by atoms with van der Waals surface area (Å²) in [5.41, 5.74) is 7.88. The third-order valence-corrected chi connectivity index (χ3v) is 5.11. The number of rotatable bonds is 8. The summed E-state index contributed by atoms with van der Waals surface area (Å²) in [7, 11) is 0. The predicted octanol–water partition coefficient (Wildman–Crippen LogP) is 3.60. The summed E-state index contributed by atoms with van der Waals surface area (Å²) >= 11 is 1.46. The van der Waals surface area contributed by atoms with Crippen molar-refractivity contribution in [1.29, 1.82) is 0 Å². The molecule has 0 bridgehead atoms. The van der Waals surface area contributed by atoms with E-state index in [0.717, 1.165) is 35.9 Å². The number of aromatic nitrogens is 2. The molecular formula is C17H22N4O3S. The first-order valence-electron chi connectivity index (χ1n) is 8.08. The van der Waals surface area contributed by atoms with E-state index in [1.807, 2.05) is 13.8 Å². The fourth-order valence-corrected chi connectivity index (χ4v) is 3.58. The molecule has 0 fully saturated rings. The van der Waals surface area contributed by atoms with Gasteiger partial charge in [0, 0.05) is 35.2 Å². The predicted molar refractivity (Wildman–Crippen MR) is 97.8 cm³/mol. The quantitative estimate of drug-likeness (QED) is 0.439. The highest BCUT2D eigenvalue weighted by atomic mass is 32.2. The van der Waals surface area contributed by atoms with E-state index in [4.69, 9.17) is 5.73 Å². The number of nitro groups is 1. The van der Waals surface area contributed by atoms with Gasteiger partial charge in [-0.05, 0) is 26.3 Å². The van der Waals surface area contributed by atoms with Crippen molar-refractivity contribution >= 4 is 23.4 Å². The average molecular weight is 362 g/mol. The van der Waals surface area contributed by atoms with E-state index in [1.54, 1.807) is 6.07 Å². The molecule has 1 aromatic carbocycles. The lowest BCUT2D eigenvalue weighted by molar-refractivity contribution is -0.385. The minimum atomic E-state index is -0.677. The van der Waals surface area contributed by atoms with E-state index in [1.165, 1.54) is 23.9 Å². The average Bonchev–Trinajstić information content (AvgIpc) is 2.84. The molecule has 134 valence electrons. The zero-order chi connectivity index (χ0) is 18.6. The van der Waals surface area contributed by atoms with Crippen LogP contribution in [0.2, 0.25) is 0 Å². The first-order chi connectivity index (χ1) is 11.8. The number of unbranched alkanes of at least 4 members (excludes halogenated alkanes) is 1. The Balaban J connectivity index is 2.25. The molecule has 2 rings (SSSR count).